The average molecular weight is 211 g/mol. The standard InChI is InChI=1S/C6H3O2.BrH.Mg/c7-5-3-1-2-4-6(5)8;;/h1-3H;1H;/q;;+1/p-1. The van der Waals surface area contributed by atoms with Crippen molar-refractivity contribution >= 4 is 33.3 Å². The summed E-state index contributed by atoms with van der Waals surface area (Å²) in [4.78, 5) is 21.2. The van der Waals surface area contributed by atoms with Crippen molar-refractivity contribution in [2.75, 3.05) is 0 Å². The van der Waals surface area contributed by atoms with E-state index in [1.807, 2.05) is 0 Å². The minimum absolute atomic E-state index is 0. The van der Waals surface area contributed by atoms with Crippen LogP contribution in [0, 0.1) is 0 Å². The molecule has 0 spiro atoms. The number of allylic oxidation sites excluding steroid dienone is 4. The van der Waals surface area contributed by atoms with Crippen LogP contribution in [0.25, 0.3) is 0 Å². The molecule has 0 aromatic carbocycles. The van der Waals surface area contributed by atoms with E-state index < -0.39 is 5.78 Å². The first-order valence-corrected chi connectivity index (χ1v) is 3.21. The Kier molecular flexibility index (Phi) is 4.08. The fourth-order valence-electron chi connectivity index (χ4n) is 0.561. The molecule has 4 heteroatoms. The molecule has 0 N–H and O–H groups in total. The Hall–Kier alpha value is 0.0662. The quantitative estimate of drug-likeness (QED) is 0.240. The molecule has 0 fully saturated rings. The average Bonchev–Trinajstić information content (AvgIpc) is 1.83. The molecule has 1 rings (SSSR count). The number of Topliss-reactive ketones (excluding diaryl/α,β-unsaturated/α-hetero) is 1. The van der Waals surface area contributed by atoms with Gasteiger partial charge in [-0.2, -0.15) is 0 Å². The van der Waals surface area contributed by atoms with Crippen molar-refractivity contribution in [1.82, 2.24) is 0 Å². The van der Waals surface area contributed by atoms with E-state index in [0.717, 1.165) is 0 Å². The summed E-state index contributed by atoms with van der Waals surface area (Å²) in [5.74, 6) is -0.793. The van der Waals surface area contributed by atoms with Gasteiger partial charge in [0.25, 0.3) is 0 Å². The second-order valence-electron chi connectivity index (χ2n) is 1.74. The van der Waals surface area contributed by atoms with E-state index in [-0.39, 0.29) is 22.8 Å². The summed E-state index contributed by atoms with van der Waals surface area (Å²) in [5, 5.41) is 0. The molecule has 0 aromatic rings. The molecule has 0 saturated heterocycles. The summed E-state index contributed by atoms with van der Waals surface area (Å²) in [6.07, 6.45) is 4.51. The molecule has 0 bridgehead atoms. The van der Waals surface area contributed by atoms with Crippen LogP contribution < -0.4 is 17.0 Å². The van der Waals surface area contributed by atoms with Gasteiger partial charge in [0.1, 0.15) is 0 Å². The number of rotatable bonds is 0. The Morgan fingerprint density at radius 1 is 1.30 bits per heavy atom. The zero-order valence-electron chi connectivity index (χ0n) is 5.13. The molecule has 1 aliphatic rings. The Labute approximate surface area is 81.6 Å². The third kappa shape index (κ3) is 2.04. The third-order valence-corrected chi connectivity index (χ3v) is 1.62. The van der Waals surface area contributed by atoms with Crippen molar-refractivity contribution < 1.29 is 26.6 Å². The van der Waals surface area contributed by atoms with Crippen molar-refractivity contribution in [3.8, 4) is 0 Å². The maximum Gasteiger partial charge on any atom is -1.00 e. The van der Waals surface area contributed by atoms with E-state index in [4.69, 9.17) is 0 Å². The van der Waals surface area contributed by atoms with E-state index >= 15 is 0 Å². The molecule has 0 amide bonds. The number of ketones is 2. The van der Waals surface area contributed by atoms with Crippen LogP contribution in [0.2, 0.25) is 0 Å². The van der Waals surface area contributed by atoms with Gasteiger partial charge in [0.15, 0.2) is 0 Å². The van der Waals surface area contributed by atoms with Gasteiger partial charge in [-0.05, 0) is 0 Å². The summed E-state index contributed by atoms with van der Waals surface area (Å²) in [6, 6.07) is 0. The topological polar surface area (TPSA) is 34.1 Å². The monoisotopic (exact) mass is 210 g/mol. The molecule has 0 aromatic heterocycles. The normalized spacial score (nSPS) is 16.4. The molecule has 0 aliphatic heterocycles. The second-order valence-corrected chi connectivity index (χ2v) is 2.51. The zero-order valence-corrected chi connectivity index (χ0v) is 8.13. The molecule has 0 radical (unpaired) electrons. The zero-order chi connectivity index (χ0) is 6.85. The van der Waals surface area contributed by atoms with Gasteiger partial charge in [-0.25, -0.2) is 0 Å². The maximum atomic E-state index is 10.7. The van der Waals surface area contributed by atoms with E-state index in [1.54, 1.807) is 12.2 Å². The first-order valence-electron chi connectivity index (χ1n) is 2.51. The minimum atomic E-state index is -0.414. The summed E-state index contributed by atoms with van der Waals surface area (Å²) < 4.78 is 0.544. The van der Waals surface area contributed by atoms with Crippen molar-refractivity contribution in [3.05, 3.63) is 21.9 Å². The molecule has 0 unspecified atom stereocenters. The Morgan fingerprint density at radius 3 is 2.30 bits per heavy atom. The molecule has 0 atom stereocenters. The first kappa shape index (κ1) is 10.1. The Bertz CT molecular complexity index is 230. The van der Waals surface area contributed by atoms with Gasteiger partial charge in [0.05, 0.1) is 0 Å². The van der Waals surface area contributed by atoms with Gasteiger partial charge in [0.2, 0.25) is 0 Å². The van der Waals surface area contributed by atoms with Crippen molar-refractivity contribution in [1.29, 1.82) is 0 Å². The third-order valence-electron chi connectivity index (χ3n) is 1.06. The van der Waals surface area contributed by atoms with Crippen molar-refractivity contribution in [2.24, 2.45) is 0 Å². The second kappa shape index (κ2) is 4.05. The number of carbonyl (C=O) groups excluding carboxylic acids is 2. The fraction of sp³-hybridized carbons (Fsp3) is 0. The molecule has 0 heterocycles. The van der Waals surface area contributed by atoms with E-state index in [0.29, 0.717) is 3.70 Å². The summed E-state index contributed by atoms with van der Waals surface area (Å²) in [5.41, 5.74) is 0. The molecule has 2 nitrogen and oxygen atoms in total. The van der Waals surface area contributed by atoms with Gasteiger partial charge in [-0.15, -0.1) is 0 Å². The number of hydrogen-bond acceptors (Lipinski definition) is 2. The van der Waals surface area contributed by atoms with Crippen LogP contribution in [0.5, 0.6) is 0 Å². The molecule has 1 aliphatic carbocycles. The van der Waals surface area contributed by atoms with Gasteiger partial charge < -0.3 is 17.0 Å². The van der Waals surface area contributed by atoms with Crippen LogP contribution in [0.15, 0.2) is 21.9 Å². The minimum Gasteiger partial charge on any atom is -1.00 e. The SMILES string of the molecule is O=C1C=CC=[C]([Mg+])C1=O.[Br-]. The van der Waals surface area contributed by atoms with Crippen molar-refractivity contribution in [3.63, 3.8) is 0 Å². The molecular weight excluding hydrogens is 208 g/mol. The van der Waals surface area contributed by atoms with Crippen LogP contribution >= 0.6 is 0 Å². The summed E-state index contributed by atoms with van der Waals surface area (Å²) in [6.45, 7) is 0. The first-order chi connectivity index (χ1) is 4.22. The number of carbonyl (C=O) groups is 2. The summed E-state index contributed by atoms with van der Waals surface area (Å²) in [7, 11) is 0. The van der Waals surface area contributed by atoms with E-state index in [9.17, 15) is 9.59 Å². The number of halogens is 1. The Morgan fingerprint density at radius 2 is 1.90 bits per heavy atom. The number of hydrogen-bond donors (Lipinski definition) is 0. The molecule has 10 heavy (non-hydrogen) atoms. The van der Waals surface area contributed by atoms with E-state index in [2.05, 4.69) is 0 Å². The van der Waals surface area contributed by atoms with Gasteiger partial charge in [-0.1, -0.05) is 0 Å². The van der Waals surface area contributed by atoms with Crippen molar-refractivity contribution in [2.45, 2.75) is 0 Å². The van der Waals surface area contributed by atoms with Crippen LogP contribution in [0.4, 0.5) is 0 Å². The predicted molar refractivity (Wildman–Crippen MR) is 33.0 cm³/mol. The summed E-state index contributed by atoms with van der Waals surface area (Å²) >= 11 is 1.44. The van der Waals surface area contributed by atoms with Gasteiger partial charge in [-0.3, -0.25) is 0 Å². The van der Waals surface area contributed by atoms with Crippen LogP contribution in [-0.4, -0.2) is 33.3 Å². The van der Waals surface area contributed by atoms with Gasteiger partial charge >= 0.3 is 64.8 Å². The van der Waals surface area contributed by atoms with E-state index in [1.165, 1.54) is 27.8 Å². The molecule has 48 valence electrons. The predicted octanol–water partition coefficient (Wildman–Crippen LogP) is -3.25. The molecular formula is C6H3BrMgO2. The molecule has 0 saturated carbocycles. The van der Waals surface area contributed by atoms with Gasteiger partial charge in [0, 0.05) is 0 Å². The maximum absolute atomic E-state index is 10.7. The van der Waals surface area contributed by atoms with Crippen LogP contribution in [-0.2, 0) is 9.59 Å². The van der Waals surface area contributed by atoms with Crippen LogP contribution in [0.3, 0.4) is 0 Å². The van der Waals surface area contributed by atoms with Crippen LogP contribution in [0.1, 0.15) is 0 Å². The smallest absolute Gasteiger partial charge is 1.00 e. The fourth-order valence-corrected chi connectivity index (χ4v) is 0.872. The largest absolute Gasteiger partial charge is 1.00 e. The Balaban J connectivity index is 0.000000810.